The lowest BCUT2D eigenvalue weighted by Crippen LogP contribution is -2.41. The molecule has 0 saturated heterocycles. The van der Waals surface area contributed by atoms with Crippen LogP contribution in [0.15, 0.2) is 54.6 Å². The van der Waals surface area contributed by atoms with Gasteiger partial charge in [-0.3, -0.25) is 10.1 Å². The first kappa shape index (κ1) is 17.7. The fourth-order valence-electron chi connectivity index (χ4n) is 2.03. The van der Waals surface area contributed by atoms with E-state index >= 15 is 0 Å². The quantitative estimate of drug-likeness (QED) is 0.829. The van der Waals surface area contributed by atoms with Crippen molar-refractivity contribution in [2.24, 2.45) is 0 Å². The fourth-order valence-corrected chi connectivity index (χ4v) is 2.03. The average molecular weight is 337 g/mol. The summed E-state index contributed by atoms with van der Waals surface area (Å²) in [6.07, 6.45) is -1.31. The van der Waals surface area contributed by atoms with Crippen molar-refractivity contribution in [3.05, 3.63) is 71.3 Å². The number of ether oxygens (including phenoxy) is 1. The van der Waals surface area contributed by atoms with Crippen LogP contribution in [0.1, 0.15) is 27.6 Å². The number of nitriles is 1. The van der Waals surface area contributed by atoms with Crippen LogP contribution in [-0.2, 0) is 9.53 Å². The number of hydrogen-bond donors (Lipinski definition) is 2. The standard InChI is InChI=1S/C18H15N3O4/c1-20-18(24)21-16(22)15(13-7-3-2-4-8-13)25-17(23)14-9-5-6-12(10-14)11-19/h2-10,15H,1H3,(H2,20,21,22,24)/t15-/m0/s1. The van der Waals surface area contributed by atoms with Gasteiger partial charge in [-0.1, -0.05) is 36.4 Å². The highest BCUT2D eigenvalue weighted by Gasteiger charge is 2.27. The van der Waals surface area contributed by atoms with Crippen LogP contribution < -0.4 is 10.6 Å². The number of imide groups is 1. The van der Waals surface area contributed by atoms with Crippen LogP contribution in [0.4, 0.5) is 4.79 Å². The topological polar surface area (TPSA) is 108 Å². The zero-order chi connectivity index (χ0) is 18.2. The van der Waals surface area contributed by atoms with E-state index in [0.29, 0.717) is 11.1 Å². The van der Waals surface area contributed by atoms with Gasteiger partial charge >= 0.3 is 12.0 Å². The minimum absolute atomic E-state index is 0.132. The van der Waals surface area contributed by atoms with E-state index in [4.69, 9.17) is 10.00 Å². The molecule has 126 valence electrons. The molecule has 0 aliphatic heterocycles. The summed E-state index contributed by atoms with van der Waals surface area (Å²) >= 11 is 0. The second kappa shape index (κ2) is 8.26. The summed E-state index contributed by atoms with van der Waals surface area (Å²) < 4.78 is 5.29. The Bertz CT molecular complexity index is 828. The summed E-state index contributed by atoms with van der Waals surface area (Å²) in [7, 11) is 1.36. The van der Waals surface area contributed by atoms with Crippen LogP contribution in [-0.4, -0.2) is 25.0 Å². The zero-order valence-corrected chi connectivity index (χ0v) is 13.4. The molecular weight excluding hydrogens is 322 g/mol. The highest BCUT2D eigenvalue weighted by atomic mass is 16.5. The average Bonchev–Trinajstić information content (AvgIpc) is 2.66. The second-order valence-corrected chi connectivity index (χ2v) is 4.96. The van der Waals surface area contributed by atoms with Crippen LogP contribution in [0.2, 0.25) is 0 Å². The van der Waals surface area contributed by atoms with Crippen LogP contribution in [0.3, 0.4) is 0 Å². The summed E-state index contributed by atoms with van der Waals surface area (Å²) in [5.74, 6) is -1.56. The van der Waals surface area contributed by atoms with Crippen molar-refractivity contribution >= 4 is 17.9 Å². The van der Waals surface area contributed by atoms with Crippen LogP contribution in [0.25, 0.3) is 0 Å². The molecule has 0 aliphatic carbocycles. The lowest BCUT2D eigenvalue weighted by atomic mass is 10.1. The van der Waals surface area contributed by atoms with Gasteiger partial charge in [-0.25, -0.2) is 9.59 Å². The number of hydrogen-bond acceptors (Lipinski definition) is 5. The second-order valence-electron chi connectivity index (χ2n) is 4.96. The fraction of sp³-hybridized carbons (Fsp3) is 0.111. The largest absolute Gasteiger partial charge is 0.444 e. The molecule has 0 heterocycles. The van der Waals surface area contributed by atoms with Gasteiger partial charge in [-0.05, 0) is 18.2 Å². The first-order chi connectivity index (χ1) is 12.0. The Morgan fingerprint density at radius 3 is 2.44 bits per heavy atom. The Morgan fingerprint density at radius 1 is 1.08 bits per heavy atom. The number of benzene rings is 2. The van der Waals surface area contributed by atoms with Gasteiger partial charge in [-0.2, -0.15) is 5.26 Å². The summed E-state index contributed by atoms with van der Waals surface area (Å²) in [5.41, 5.74) is 0.835. The lowest BCUT2D eigenvalue weighted by molar-refractivity contribution is -0.129. The Morgan fingerprint density at radius 2 is 1.80 bits per heavy atom. The van der Waals surface area contributed by atoms with Crippen LogP contribution in [0.5, 0.6) is 0 Å². The van der Waals surface area contributed by atoms with Crippen molar-refractivity contribution < 1.29 is 19.1 Å². The van der Waals surface area contributed by atoms with Crippen molar-refractivity contribution in [2.75, 3.05) is 7.05 Å². The van der Waals surface area contributed by atoms with Gasteiger partial charge in [0.25, 0.3) is 5.91 Å². The highest BCUT2D eigenvalue weighted by molar-refractivity contribution is 5.99. The number of nitrogens with zero attached hydrogens (tertiary/aromatic N) is 1. The molecule has 0 unspecified atom stereocenters. The number of carbonyl (C=O) groups is 3. The number of esters is 1. The van der Waals surface area contributed by atoms with E-state index in [1.807, 2.05) is 6.07 Å². The van der Waals surface area contributed by atoms with Crippen LogP contribution in [0, 0.1) is 11.3 Å². The number of carbonyl (C=O) groups excluding carboxylic acids is 3. The smallest absolute Gasteiger partial charge is 0.339 e. The van der Waals surface area contributed by atoms with Crippen molar-refractivity contribution in [3.8, 4) is 6.07 Å². The van der Waals surface area contributed by atoms with Crippen molar-refractivity contribution in [2.45, 2.75) is 6.10 Å². The Kier molecular flexibility index (Phi) is 5.85. The predicted molar refractivity (Wildman–Crippen MR) is 88.4 cm³/mol. The molecule has 0 radical (unpaired) electrons. The van der Waals surface area contributed by atoms with Gasteiger partial charge in [0, 0.05) is 12.6 Å². The van der Waals surface area contributed by atoms with Gasteiger partial charge in [0.2, 0.25) is 6.10 Å². The molecule has 3 amide bonds. The molecule has 0 spiro atoms. The lowest BCUT2D eigenvalue weighted by Gasteiger charge is -2.17. The molecule has 25 heavy (non-hydrogen) atoms. The summed E-state index contributed by atoms with van der Waals surface area (Å²) in [4.78, 5) is 36.0. The third-order valence-corrected chi connectivity index (χ3v) is 3.26. The molecule has 2 rings (SSSR count). The minimum Gasteiger partial charge on any atom is -0.444 e. The van der Waals surface area contributed by atoms with Crippen LogP contribution >= 0.6 is 0 Å². The van der Waals surface area contributed by atoms with Gasteiger partial charge < -0.3 is 10.1 Å². The maximum Gasteiger partial charge on any atom is 0.339 e. The Labute approximate surface area is 144 Å². The Balaban J connectivity index is 2.26. The molecule has 0 saturated carbocycles. The molecule has 7 nitrogen and oxygen atoms in total. The predicted octanol–water partition coefficient (Wildman–Crippen LogP) is 1.91. The van der Waals surface area contributed by atoms with Gasteiger partial charge in [0.15, 0.2) is 0 Å². The first-order valence-electron chi connectivity index (χ1n) is 7.34. The molecule has 2 aromatic carbocycles. The molecule has 1 atom stereocenters. The molecule has 0 aromatic heterocycles. The molecule has 0 aliphatic rings. The number of nitrogens with one attached hydrogen (secondary N) is 2. The third-order valence-electron chi connectivity index (χ3n) is 3.26. The number of rotatable bonds is 4. The van der Waals surface area contributed by atoms with E-state index in [0.717, 1.165) is 0 Å². The molecule has 0 bridgehead atoms. The summed E-state index contributed by atoms with van der Waals surface area (Å²) in [6.45, 7) is 0. The highest BCUT2D eigenvalue weighted by Crippen LogP contribution is 2.20. The molecule has 0 fully saturated rings. The van der Waals surface area contributed by atoms with Gasteiger partial charge in [0.1, 0.15) is 0 Å². The maximum atomic E-state index is 12.3. The number of urea groups is 1. The van der Waals surface area contributed by atoms with Crippen molar-refractivity contribution in [1.82, 2.24) is 10.6 Å². The molecule has 2 aromatic rings. The first-order valence-corrected chi connectivity index (χ1v) is 7.34. The maximum absolute atomic E-state index is 12.3. The normalized spacial score (nSPS) is 10.9. The molecule has 7 heteroatoms. The van der Waals surface area contributed by atoms with E-state index in [1.165, 1.54) is 25.2 Å². The molecular formula is C18H15N3O4. The SMILES string of the molecule is CNC(=O)NC(=O)[C@@H](OC(=O)c1cccc(C#N)c1)c1ccccc1. The van der Waals surface area contributed by atoms with E-state index in [9.17, 15) is 14.4 Å². The zero-order valence-electron chi connectivity index (χ0n) is 13.4. The van der Waals surface area contributed by atoms with Gasteiger partial charge in [-0.15, -0.1) is 0 Å². The summed E-state index contributed by atoms with van der Waals surface area (Å²) in [6, 6.07) is 15.4. The van der Waals surface area contributed by atoms with E-state index in [-0.39, 0.29) is 5.56 Å². The van der Waals surface area contributed by atoms with E-state index in [1.54, 1.807) is 36.4 Å². The van der Waals surface area contributed by atoms with E-state index < -0.39 is 24.0 Å². The summed E-state index contributed by atoms with van der Waals surface area (Å²) in [5, 5.41) is 13.3. The van der Waals surface area contributed by atoms with Gasteiger partial charge in [0.05, 0.1) is 17.2 Å². The molecule has 2 N–H and O–H groups in total. The number of amides is 3. The van der Waals surface area contributed by atoms with Crippen molar-refractivity contribution in [3.63, 3.8) is 0 Å². The van der Waals surface area contributed by atoms with Crippen molar-refractivity contribution in [1.29, 1.82) is 5.26 Å². The minimum atomic E-state index is -1.31. The third kappa shape index (κ3) is 4.65. The van der Waals surface area contributed by atoms with E-state index in [2.05, 4.69) is 10.6 Å². The monoisotopic (exact) mass is 337 g/mol. The Hall–Kier alpha value is -3.66.